The van der Waals surface area contributed by atoms with Crippen molar-refractivity contribution in [2.75, 3.05) is 25.9 Å². The van der Waals surface area contributed by atoms with Crippen LogP contribution in [0.2, 0.25) is 0 Å². The van der Waals surface area contributed by atoms with Crippen molar-refractivity contribution < 1.29 is 4.74 Å². The van der Waals surface area contributed by atoms with Gasteiger partial charge in [0.25, 0.3) is 0 Å². The number of nitrogen functional groups attached to an aromatic ring is 1. The monoisotopic (exact) mass is 341 g/mol. The number of hydrogen-bond acceptors (Lipinski definition) is 5. The second-order valence-corrected chi connectivity index (χ2v) is 6.86. The molecule has 1 aliphatic heterocycles. The third-order valence-corrected chi connectivity index (χ3v) is 4.74. The molecule has 1 aromatic heterocycles. The Balaban J connectivity index is 1.76. The number of rotatable bonds is 5. The van der Waals surface area contributed by atoms with Crippen molar-refractivity contribution in [1.29, 1.82) is 0 Å². The van der Waals surface area contributed by atoms with Crippen LogP contribution in [0.15, 0.2) is 29.5 Å². The summed E-state index contributed by atoms with van der Waals surface area (Å²) in [7, 11) is 1.72. The Bertz CT molecular complexity index is 744. The highest BCUT2D eigenvalue weighted by Crippen LogP contribution is 2.24. The lowest BCUT2D eigenvalue weighted by molar-refractivity contribution is 0.183. The maximum Gasteiger partial charge on any atom is 0.221 e. The van der Waals surface area contributed by atoms with Gasteiger partial charge in [0.05, 0.1) is 25.2 Å². The summed E-state index contributed by atoms with van der Waals surface area (Å²) in [5, 5.41) is 4.40. The van der Waals surface area contributed by atoms with Gasteiger partial charge in [-0.3, -0.25) is 4.90 Å². The second-order valence-electron chi connectivity index (χ2n) is 6.86. The number of aryl methyl sites for hydroxylation is 1. The molecule has 1 aromatic carbocycles. The van der Waals surface area contributed by atoms with Gasteiger partial charge in [-0.15, -0.1) is 0 Å². The van der Waals surface area contributed by atoms with Crippen molar-refractivity contribution in [1.82, 2.24) is 14.6 Å². The standard InChI is InChI=1S/C19H27N5O/c1-14-6-8-23(9-7-14)13-17-10-16(4-5-18(17)25-3)11-21-24-12-15(2)22-19(24)20/h4-5,10-12,14H,6-9,13H2,1-3H3,(H2,20,22). The van der Waals surface area contributed by atoms with Crippen molar-refractivity contribution in [3.8, 4) is 5.75 Å². The molecule has 25 heavy (non-hydrogen) atoms. The number of nitrogens with two attached hydrogens (primary N) is 1. The molecule has 6 nitrogen and oxygen atoms in total. The molecule has 6 heteroatoms. The molecule has 2 N–H and O–H groups in total. The van der Waals surface area contributed by atoms with E-state index >= 15 is 0 Å². The average Bonchev–Trinajstić information content (AvgIpc) is 2.93. The highest BCUT2D eigenvalue weighted by Gasteiger charge is 2.17. The number of anilines is 1. The van der Waals surface area contributed by atoms with Crippen LogP contribution in [0, 0.1) is 12.8 Å². The van der Waals surface area contributed by atoms with E-state index in [0.29, 0.717) is 5.95 Å². The molecule has 0 atom stereocenters. The van der Waals surface area contributed by atoms with Crippen LogP contribution in [0.5, 0.6) is 5.75 Å². The topological polar surface area (TPSA) is 68.7 Å². The first kappa shape index (κ1) is 17.5. The molecule has 0 spiro atoms. The van der Waals surface area contributed by atoms with Gasteiger partial charge in [-0.25, -0.2) is 9.66 Å². The maximum absolute atomic E-state index is 5.83. The molecule has 3 rings (SSSR count). The second kappa shape index (κ2) is 7.70. The van der Waals surface area contributed by atoms with Gasteiger partial charge < -0.3 is 10.5 Å². The van der Waals surface area contributed by atoms with E-state index in [9.17, 15) is 0 Å². The zero-order valence-electron chi connectivity index (χ0n) is 15.3. The number of nitrogens with zero attached hydrogens (tertiary/aromatic N) is 4. The predicted molar refractivity (Wildman–Crippen MR) is 101 cm³/mol. The van der Waals surface area contributed by atoms with Crippen molar-refractivity contribution in [2.24, 2.45) is 11.0 Å². The largest absolute Gasteiger partial charge is 0.496 e. The number of piperidine rings is 1. The Morgan fingerprint density at radius 3 is 2.76 bits per heavy atom. The molecule has 1 aliphatic rings. The van der Waals surface area contributed by atoms with Crippen LogP contribution < -0.4 is 10.5 Å². The summed E-state index contributed by atoms with van der Waals surface area (Å²) < 4.78 is 7.13. The SMILES string of the molecule is COc1ccc(C=Nn2cc(C)nc2N)cc1CN1CCC(C)CC1. The molecule has 1 fully saturated rings. The fourth-order valence-corrected chi connectivity index (χ4v) is 3.19. The fourth-order valence-electron chi connectivity index (χ4n) is 3.19. The minimum Gasteiger partial charge on any atom is -0.496 e. The van der Waals surface area contributed by atoms with Gasteiger partial charge in [-0.2, -0.15) is 5.10 Å². The molecule has 134 valence electrons. The fraction of sp³-hybridized carbons (Fsp3) is 0.474. The number of likely N-dealkylation sites (tertiary alicyclic amines) is 1. The first-order valence-corrected chi connectivity index (χ1v) is 8.80. The van der Waals surface area contributed by atoms with Crippen molar-refractivity contribution in [3.63, 3.8) is 0 Å². The Labute approximate surface area is 149 Å². The molecule has 0 aliphatic carbocycles. The minimum absolute atomic E-state index is 0.393. The summed E-state index contributed by atoms with van der Waals surface area (Å²) in [4.78, 5) is 6.65. The summed E-state index contributed by atoms with van der Waals surface area (Å²) >= 11 is 0. The molecular weight excluding hydrogens is 314 g/mol. The summed E-state index contributed by atoms with van der Waals surface area (Å²) in [6.07, 6.45) is 6.15. The van der Waals surface area contributed by atoms with E-state index in [0.717, 1.165) is 42.6 Å². The van der Waals surface area contributed by atoms with Crippen LogP contribution in [-0.2, 0) is 6.54 Å². The number of benzene rings is 1. The lowest BCUT2D eigenvalue weighted by Crippen LogP contribution is -2.32. The molecule has 0 amide bonds. The van der Waals surface area contributed by atoms with Crippen molar-refractivity contribution in [3.05, 3.63) is 41.2 Å². The zero-order valence-corrected chi connectivity index (χ0v) is 15.3. The van der Waals surface area contributed by atoms with Gasteiger partial charge in [-0.05, 0) is 62.5 Å². The van der Waals surface area contributed by atoms with Crippen LogP contribution in [0.3, 0.4) is 0 Å². The average molecular weight is 341 g/mol. The first-order chi connectivity index (χ1) is 12.0. The molecular formula is C19H27N5O. The number of methoxy groups -OCH3 is 1. The maximum atomic E-state index is 5.83. The summed E-state index contributed by atoms with van der Waals surface area (Å²) in [6, 6.07) is 6.15. The number of imidazole rings is 1. The number of aromatic nitrogens is 2. The third-order valence-electron chi connectivity index (χ3n) is 4.74. The zero-order chi connectivity index (χ0) is 17.8. The Hall–Kier alpha value is -2.34. The third kappa shape index (κ3) is 4.39. The van der Waals surface area contributed by atoms with Crippen molar-refractivity contribution in [2.45, 2.75) is 33.2 Å². The van der Waals surface area contributed by atoms with Crippen LogP contribution in [-0.4, -0.2) is 41.0 Å². The highest BCUT2D eigenvalue weighted by atomic mass is 16.5. The van der Waals surface area contributed by atoms with E-state index in [1.165, 1.54) is 18.4 Å². The molecule has 0 saturated carbocycles. The molecule has 2 aromatic rings. The van der Waals surface area contributed by atoms with Gasteiger partial charge in [0.1, 0.15) is 5.75 Å². The quantitative estimate of drug-likeness (QED) is 0.849. The normalized spacial score (nSPS) is 16.6. The number of hydrogen-bond donors (Lipinski definition) is 1. The summed E-state index contributed by atoms with van der Waals surface area (Å²) in [6.45, 7) is 7.43. The van der Waals surface area contributed by atoms with E-state index in [4.69, 9.17) is 10.5 Å². The molecule has 2 heterocycles. The molecule has 0 unspecified atom stereocenters. The molecule has 0 radical (unpaired) electrons. The number of ether oxygens (including phenoxy) is 1. The lowest BCUT2D eigenvalue weighted by atomic mass is 9.98. The van der Waals surface area contributed by atoms with E-state index in [-0.39, 0.29) is 0 Å². The van der Waals surface area contributed by atoms with E-state index in [2.05, 4.69) is 28.0 Å². The van der Waals surface area contributed by atoms with Crippen molar-refractivity contribution >= 4 is 12.2 Å². The lowest BCUT2D eigenvalue weighted by Gasteiger charge is -2.30. The summed E-state index contributed by atoms with van der Waals surface area (Å²) in [5.74, 6) is 2.15. The van der Waals surface area contributed by atoms with E-state index in [1.807, 2.05) is 25.3 Å². The van der Waals surface area contributed by atoms with Crippen LogP contribution >= 0.6 is 0 Å². The van der Waals surface area contributed by atoms with Crippen LogP contribution in [0.1, 0.15) is 36.6 Å². The van der Waals surface area contributed by atoms with Crippen LogP contribution in [0.4, 0.5) is 5.95 Å². The van der Waals surface area contributed by atoms with Crippen LogP contribution in [0.25, 0.3) is 0 Å². The molecule has 1 saturated heterocycles. The molecule has 0 bridgehead atoms. The van der Waals surface area contributed by atoms with Gasteiger partial charge in [0.15, 0.2) is 0 Å². The Morgan fingerprint density at radius 1 is 1.36 bits per heavy atom. The highest BCUT2D eigenvalue weighted by molar-refractivity contribution is 5.80. The van der Waals surface area contributed by atoms with Gasteiger partial charge in [0.2, 0.25) is 5.95 Å². The smallest absolute Gasteiger partial charge is 0.221 e. The summed E-state index contributed by atoms with van der Waals surface area (Å²) in [5.41, 5.74) is 8.89. The Kier molecular flexibility index (Phi) is 5.38. The Morgan fingerprint density at radius 2 is 2.12 bits per heavy atom. The van der Waals surface area contributed by atoms with Gasteiger partial charge >= 0.3 is 0 Å². The van der Waals surface area contributed by atoms with E-state index < -0.39 is 0 Å². The predicted octanol–water partition coefficient (Wildman–Crippen LogP) is 2.90. The van der Waals surface area contributed by atoms with Gasteiger partial charge in [0, 0.05) is 12.1 Å². The minimum atomic E-state index is 0.393. The first-order valence-electron chi connectivity index (χ1n) is 8.80. The van der Waals surface area contributed by atoms with Gasteiger partial charge in [-0.1, -0.05) is 6.92 Å². The van der Waals surface area contributed by atoms with E-state index in [1.54, 1.807) is 18.0 Å².